The molecule has 0 fully saturated rings. The second-order valence-corrected chi connectivity index (χ2v) is 4.15. The van der Waals surface area contributed by atoms with E-state index < -0.39 is 11.5 Å². The zero-order valence-electron chi connectivity index (χ0n) is 11.0. The Morgan fingerprint density at radius 1 is 1.50 bits per heavy atom. The minimum Gasteiger partial charge on any atom is -0.478 e. The van der Waals surface area contributed by atoms with Crippen molar-refractivity contribution in [2.45, 2.75) is 20.4 Å². The molecule has 0 spiro atoms. The van der Waals surface area contributed by atoms with Gasteiger partial charge in [-0.15, -0.1) is 0 Å². The number of amides is 1. The van der Waals surface area contributed by atoms with Gasteiger partial charge in [-0.05, 0) is 13.8 Å². The molecule has 106 valence electrons. The van der Waals surface area contributed by atoms with Gasteiger partial charge in [-0.25, -0.2) is 9.78 Å². The summed E-state index contributed by atoms with van der Waals surface area (Å²) in [7, 11) is 0. The van der Waals surface area contributed by atoms with Gasteiger partial charge in [0.15, 0.2) is 0 Å². The van der Waals surface area contributed by atoms with E-state index in [-0.39, 0.29) is 34.9 Å². The van der Waals surface area contributed by atoms with Crippen LogP contribution in [0.25, 0.3) is 11.1 Å². The Kier molecular flexibility index (Phi) is 3.55. The van der Waals surface area contributed by atoms with Crippen molar-refractivity contribution in [3.05, 3.63) is 28.0 Å². The fourth-order valence-corrected chi connectivity index (χ4v) is 1.92. The number of carboxylic acids is 1. The number of fused-ring (bicyclic) bond motifs is 1. The molecule has 0 saturated heterocycles. The molecule has 2 aromatic heterocycles. The highest BCUT2D eigenvalue weighted by Crippen LogP contribution is 2.20. The number of likely N-dealkylation sites (N-methyl/N-ethyl adjacent to an activating group) is 1. The highest BCUT2D eigenvalue weighted by molar-refractivity contribution is 6.02. The van der Waals surface area contributed by atoms with Gasteiger partial charge in [0.1, 0.15) is 29.6 Å². The molecule has 0 saturated carbocycles. The summed E-state index contributed by atoms with van der Waals surface area (Å²) in [5.74, 6) is -1.52. The lowest BCUT2D eigenvalue weighted by Crippen LogP contribution is -2.32. The van der Waals surface area contributed by atoms with E-state index >= 15 is 0 Å². The van der Waals surface area contributed by atoms with Crippen molar-refractivity contribution in [3.8, 4) is 0 Å². The quantitative estimate of drug-likeness (QED) is 0.822. The van der Waals surface area contributed by atoms with Gasteiger partial charge >= 0.3 is 5.97 Å². The van der Waals surface area contributed by atoms with Crippen LogP contribution >= 0.6 is 0 Å². The molecule has 2 rings (SSSR count). The zero-order chi connectivity index (χ0) is 14.9. The van der Waals surface area contributed by atoms with Gasteiger partial charge in [0, 0.05) is 6.54 Å². The topological polar surface area (TPSA) is 114 Å². The smallest absolute Gasteiger partial charge is 0.340 e. The lowest BCUT2D eigenvalue weighted by Gasteiger charge is -2.04. The van der Waals surface area contributed by atoms with Gasteiger partial charge in [0.25, 0.3) is 5.56 Å². The van der Waals surface area contributed by atoms with Crippen LogP contribution in [0.3, 0.4) is 0 Å². The first-order valence-corrected chi connectivity index (χ1v) is 5.94. The first-order valence-electron chi connectivity index (χ1n) is 5.94. The van der Waals surface area contributed by atoms with E-state index in [1.54, 1.807) is 6.92 Å². The van der Waals surface area contributed by atoms with Gasteiger partial charge in [0.2, 0.25) is 11.6 Å². The van der Waals surface area contributed by atoms with E-state index in [0.29, 0.717) is 6.54 Å². The number of aromatic carboxylic acids is 1. The number of aryl methyl sites for hydroxylation is 1. The van der Waals surface area contributed by atoms with Crippen LogP contribution in [0.4, 0.5) is 0 Å². The summed E-state index contributed by atoms with van der Waals surface area (Å²) in [4.78, 5) is 38.8. The first-order chi connectivity index (χ1) is 9.45. The van der Waals surface area contributed by atoms with Crippen LogP contribution in [-0.4, -0.2) is 33.1 Å². The van der Waals surface area contributed by atoms with Crippen LogP contribution in [-0.2, 0) is 11.3 Å². The van der Waals surface area contributed by atoms with Gasteiger partial charge in [-0.1, -0.05) is 0 Å². The highest BCUT2D eigenvalue weighted by atomic mass is 16.4. The van der Waals surface area contributed by atoms with E-state index in [4.69, 9.17) is 9.52 Å². The Hall–Kier alpha value is -2.64. The maximum absolute atomic E-state index is 12.2. The van der Waals surface area contributed by atoms with Crippen LogP contribution in [0.2, 0.25) is 0 Å². The molecule has 0 aliphatic rings. The lowest BCUT2D eigenvalue weighted by atomic mass is 10.2. The van der Waals surface area contributed by atoms with Crippen molar-refractivity contribution < 1.29 is 19.1 Å². The molecular weight excluding hydrogens is 266 g/mol. The number of aromatic nitrogens is 2. The number of nitrogens with one attached hydrogen (secondary N) is 1. The normalized spacial score (nSPS) is 10.7. The molecule has 8 heteroatoms. The summed E-state index contributed by atoms with van der Waals surface area (Å²) in [6, 6.07) is 0. The highest BCUT2D eigenvalue weighted by Gasteiger charge is 2.22. The van der Waals surface area contributed by atoms with E-state index in [1.165, 1.54) is 6.92 Å². The average molecular weight is 279 g/mol. The Labute approximate surface area is 113 Å². The molecule has 2 N–H and O–H groups in total. The molecule has 2 heterocycles. The minimum absolute atomic E-state index is 0.0444. The van der Waals surface area contributed by atoms with Crippen LogP contribution < -0.4 is 10.9 Å². The van der Waals surface area contributed by atoms with Crippen molar-refractivity contribution >= 4 is 23.0 Å². The summed E-state index contributed by atoms with van der Waals surface area (Å²) in [6.07, 6.45) is 1.16. The number of carbonyl (C=O) groups is 2. The number of hydrogen-bond acceptors (Lipinski definition) is 5. The number of carboxylic acid groups (broad SMARTS) is 1. The van der Waals surface area contributed by atoms with Crippen LogP contribution in [0.5, 0.6) is 0 Å². The van der Waals surface area contributed by atoms with Crippen LogP contribution in [0, 0.1) is 6.92 Å². The number of carbonyl (C=O) groups excluding carboxylic acids is 1. The third kappa shape index (κ3) is 2.27. The molecule has 2 aromatic rings. The molecule has 0 aromatic carbocycles. The Morgan fingerprint density at radius 3 is 2.80 bits per heavy atom. The first kappa shape index (κ1) is 13.8. The number of hydrogen-bond donors (Lipinski definition) is 2. The van der Waals surface area contributed by atoms with Crippen molar-refractivity contribution in [1.82, 2.24) is 14.9 Å². The van der Waals surface area contributed by atoms with E-state index in [2.05, 4.69) is 10.3 Å². The van der Waals surface area contributed by atoms with Gasteiger partial charge in [0.05, 0.1) is 0 Å². The fraction of sp³-hybridized carbons (Fsp3) is 0.333. The Balaban J connectivity index is 2.58. The number of rotatable bonds is 4. The van der Waals surface area contributed by atoms with Gasteiger partial charge < -0.3 is 14.8 Å². The van der Waals surface area contributed by atoms with Crippen molar-refractivity contribution in [2.75, 3.05) is 6.54 Å². The van der Waals surface area contributed by atoms with E-state index in [1.807, 2.05) is 0 Å². The average Bonchev–Trinajstić information content (AvgIpc) is 2.70. The predicted molar refractivity (Wildman–Crippen MR) is 68.6 cm³/mol. The number of furan rings is 1. The fourth-order valence-electron chi connectivity index (χ4n) is 1.92. The molecule has 0 aliphatic heterocycles. The van der Waals surface area contributed by atoms with E-state index in [9.17, 15) is 14.4 Å². The minimum atomic E-state index is -1.27. The second-order valence-electron chi connectivity index (χ2n) is 4.15. The van der Waals surface area contributed by atoms with Gasteiger partial charge in [-0.2, -0.15) is 0 Å². The second kappa shape index (κ2) is 5.16. The van der Waals surface area contributed by atoms with Crippen molar-refractivity contribution in [2.24, 2.45) is 0 Å². The monoisotopic (exact) mass is 279 g/mol. The maximum Gasteiger partial charge on any atom is 0.340 e. The largest absolute Gasteiger partial charge is 0.478 e. The zero-order valence-corrected chi connectivity index (χ0v) is 11.0. The molecule has 20 heavy (non-hydrogen) atoms. The van der Waals surface area contributed by atoms with Crippen molar-refractivity contribution in [1.29, 1.82) is 0 Å². The summed E-state index contributed by atoms with van der Waals surface area (Å²) in [6.45, 7) is 3.41. The lowest BCUT2D eigenvalue weighted by molar-refractivity contribution is -0.121. The maximum atomic E-state index is 12.2. The summed E-state index contributed by atoms with van der Waals surface area (Å²) in [5.41, 5.74) is -0.879. The molecule has 8 nitrogen and oxygen atoms in total. The molecule has 0 atom stereocenters. The summed E-state index contributed by atoms with van der Waals surface area (Å²) < 4.78 is 6.19. The molecule has 1 amide bonds. The van der Waals surface area contributed by atoms with Gasteiger partial charge in [-0.3, -0.25) is 14.2 Å². The predicted octanol–water partition coefficient (Wildman–Crippen LogP) is 0.132. The molecule has 0 unspecified atom stereocenters. The Morgan fingerprint density at radius 2 is 2.20 bits per heavy atom. The van der Waals surface area contributed by atoms with E-state index in [0.717, 1.165) is 10.9 Å². The Bertz CT molecular complexity index is 743. The standard InChI is InChI=1S/C12H13N3O5/c1-3-13-7(16)4-15-5-14-10-9(11(15)17)8(12(18)19)6(2)20-10/h5H,3-4H2,1-2H3,(H,13,16)(H,18,19). The number of nitrogens with zero attached hydrogens (tertiary/aromatic N) is 2. The molecule has 0 radical (unpaired) electrons. The van der Waals surface area contributed by atoms with Crippen molar-refractivity contribution in [3.63, 3.8) is 0 Å². The van der Waals surface area contributed by atoms with Crippen LogP contribution in [0.15, 0.2) is 15.5 Å². The summed E-state index contributed by atoms with van der Waals surface area (Å²) >= 11 is 0. The third-order valence-corrected chi connectivity index (χ3v) is 2.76. The molecule has 0 aliphatic carbocycles. The molecular formula is C12H13N3O5. The third-order valence-electron chi connectivity index (χ3n) is 2.76. The SMILES string of the molecule is CCNC(=O)Cn1cnc2oc(C)c(C(=O)O)c2c1=O. The molecule has 0 bridgehead atoms. The summed E-state index contributed by atoms with van der Waals surface area (Å²) in [5, 5.41) is 11.5. The van der Waals surface area contributed by atoms with Crippen LogP contribution in [0.1, 0.15) is 23.0 Å².